The zero-order chi connectivity index (χ0) is 18.7. The van der Waals surface area contributed by atoms with Gasteiger partial charge in [0.1, 0.15) is 0 Å². The molecule has 0 saturated heterocycles. The molecule has 7 heteroatoms. The summed E-state index contributed by atoms with van der Waals surface area (Å²) in [5.74, 6) is 0.942. The SMILES string of the molecule is COc1cc(S(=O)(=O)/C=C/c2cccc3c2CCN3)cc(OC)c1OC. The van der Waals surface area contributed by atoms with Crippen LogP contribution in [0, 0.1) is 0 Å². The Morgan fingerprint density at radius 1 is 1.04 bits per heavy atom. The van der Waals surface area contributed by atoms with E-state index in [1.54, 1.807) is 6.08 Å². The van der Waals surface area contributed by atoms with Gasteiger partial charge in [0.15, 0.2) is 21.3 Å². The van der Waals surface area contributed by atoms with Crippen LogP contribution in [0.3, 0.4) is 0 Å². The summed E-state index contributed by atoms with van der Waals surface area (Å²) in [5, 5.41) is 4.49. The number of hydrogen-bond donors (Lipinski definition) is 1. The molecule has 0 saturated carbocycles. The summed E-state index contributed by atoms with van der Waals surface area (Å²) < 4.78 is 41.3. The van der Waals surface area contributed by atoms with Crippen molar-refractivity contribution in [1.29, 1.82) is 0 Å². The van der Waals surface area contributed by atoms with E-state index in [0.29, 0.717) is 17.2 Å². The zero-order valence-corrected chi connectivity index (χ0v) is 15.7. The molecule has 0 radical (unpaired) electrons. The van der Waals surface area contributed by atoms with Gasteiger partial charge in [0.2, 0.25) is 5.75 Å². The topological polar surface area (TPSA) is 73.9 Å². The van der Waals surface area contributed by atoms with Crippen molar-refractivity contribution in [3.63, 3.8) is 0 Å². The Morgan fingerprint density at radius 3 is 2.35 bits per heavy atom. The van der Waals surface area contributed by atoms with Crippen LogP contribution < -0.4 is 19.5 Å². The monoisotopic (exact) mass is 375 g/mol. The Bertz CT molecular complexity index is 925. The fourth-order valence-electron chi connectivity index (χ4n) is 2.99. The van der Waals surface area contributed by atoms with Crippen molar-refractivity contribution in [3.05, 3.63) is 46.9 Å². The molecular formula is C19H21NO5S. The predicted molar refractivity (Wildman–Crippen MR) is 101 cm³/mol. The van der Waals surface area contributed by atoms with E-state index in [1.807, 2.05) is 18.2 Å². The maximum absolute atomic E-state index is 12.8. The van der Waals surface area contributed by atoms with Crippen molar-refractivity contribution in [3.8, 4) is 17.2 Å². The number of anilines is 1. The van der Waals surface area contributed by atoms with E-state index in [-0.39, 0.29) is 4.90 Å². The summed E-state index contributed by atoms with van der Waals surface area (Å²) in [7, 11) is 0.685. The predicted octanol–water partition coefficient (Wildman–Crippen LogP) is 3.13. The van der Waals surface area contributed by atoms with Crippen LogP contribution in [0.25, 0.3) is 6.08 Å². The Kier molecular flexibility index (Phi) is 5.08. The molecule has 0 spiro atoms. The molecule has 0 bridgehead atoms. The van der Waals surface area contributed by atoms with Gasteiger partial charge in [-0.2, -0.15) is 0 Å². The maximum Gasteiger partial charge on any atom is 0.203 e. The smallest absolute Gasteiger partial charge is 0.203 e. The highest BCUT2D eigenvalue weighted by molar-refractivity contribution is 7.94. The second-order valence-electron chi connectivity index (χ2n) is 5.76. The summed E-state index contributed by atoms with van der Waals surface area (Å²) in [5.41, 5.74) is 3.07. The molecule has 0 amide bonds. The number of fused-ring (bicyclic) bond motifs is 1. The van der Waals surface area contributed by atoms with Gasteiger partial charge >= 0.3 is 0 Å². The van der Waals surface area contributed by atoms with Crippen molar-refractivity contribution in [2.24, 2.45) is 0 Å². The molecule has 1 aliphatic heterocycles. The van der Waals surface area contributed by atoms with Crippen LogP contribution in [0.5, 0.6) is 17.2 Å². The van der Waals surface area contributed by atoms with E-state index < -0.39 is 9.84 Å². The molecule has 1 aliphatic rings. The minimum atomic E-state index is -3.68. The third-order valence-corrected chi connectivity index (χ3v) is 5.68. The van der Waals surface area contributed by atoms with Gasteiger partial charge in [-0.25, -0.2) is 8.42 Å². The Labute approximate surface area is 153 Å². The van der Waals surface area contributed by atoms with Crippen molar-refractivity contribution >= 4 is 21.6 Å². The Hall–Kier alpha value is -2.67. The molecule has 6 nitrogen and oxygen atoms in total. The number of hydrogen-bond acceptors (Lipinski definition) is 6. The normalized spacial score (nSPS) is 13.3. The van der Waals surface area contributed by atoms with Crippen LogP contribution in [0.15, 0.2) is 40.6 Å². The third kappa shape index (κ3) is 3.35. The van der Waals surface area contributed by atoms with Crippen molar-refractivity contribution in [1.82, 2.24) is 0 Å². The van der Waals surface area contributed by atoms with Crippen LogP contribution in [0.1, 0.15) is 11.1 Å². The molecule has 3 rings (SSSR count). The van der Waals surface area contributed by atoms with Gasteiger partial charge in [-0.15, -0.1) is 0 Å². The lowest BCUT2D eigenvalue weighted by Gasteiger charge is -2.13. The number of ether oxygens (including phenoxy) is 3. The highest BCUT2D eigenvalue weighted by Gasteiger charge is 2.20. The van der Waals surface area contributed by atoms with E-state index in [2.05, 4.69) is 5.32 Å². The average molecular weight is 375 g/mol. The summed E-state index contributed by atoms with van der Waals surface area (Å²) in [4.78, 5) is 0.0777. The molecule has 0 unspecified atom stereocenters. The highest BCUT2D eigenvalue weighted by Crippen LogP contribution is 2.40. The fraction of sp³-hybridized carbons (Fsp3) is 0.263. The number of methoxy groups -OCH3 is 3. The van der Waals surface area contributed by atoms with Crippen LogP contribution in [-0.4, -0.2) is 36.3 Å². The number of sulfone groups is 1. The van der Waals surface area contributed by atoms with E-state index in [0.717, 1.165) is 29.8 Å². The first-order valence-electron chi connectivity index (χ1n) is 8.09. The van der Waals surface area contributed by atoms with Crippen LogP contribution in [-0.2, 0) is 16.3 Å². The van der Waals surface area contributed by atoms with Crippen molar-refractivity contribution in [2.75, 3.05) is 33.2 Å². The first-order valence-corrected chi connectivity index (χ1v) is 9.63. The van der Waals surface area contributed by atoms with Gasteiger partial charge in [0.05, 0.1) is 26.2 Å². The molecule has 2 aromatic carbocycles. The summed E-state index contributed by atoms with van der Waals surface area (Å²) >= 11 is 0. The first-order chi connectivity index (χ1) is 12.5. The zero-order valence-electron chi connectivity index (χ0n) is 14.9. The molecule has 0 aliphatic carbocycles. The standard InChI is InChI=1S/C19H21NO5S/c1-23-17-11-14(12-18(24-2)19(17)25-3)26(21,22)10-8-13-5-4-6-16-15(13)7-9-20-16/h4-6,8,10-12,20H,7,9H2,1-3H3/b10-8+. The van der Waals surface area contributed by atoms with Gasteiger partial charge in [0, 0.05) is 29.8 Å². The van der Waals surface area contributed by atoms with Crippen LogP contribution in [0.2, 0.25) is 0 Å². The number of nitrogens with one attached hydrogen (secondary N) is 1. The summed E-state index contributed by atoms with van der Waals surface area (Å²) in [6, 6.07) is 8.67. The number of benzene rings is 2. The quantitative estimate of drug-likeness (QED) is 0.836. The average Bonchev–Trinajstić information content (AvgIpc) is 3.14. The minimum Gasteiger partial charge on any atom is -0.493 e. The molecule has 26 heavy (non-hydrogen) atoms. The highest BCUT2D eigenvalue weighted by atomic mass is 32.2. The third-order valence-electron chi connectivity index (χ3n) is 4.30. The van der Waals surface area contributed by atoms with Crippen molar-refractivity contribution < 1.29 is 22.6 Å². The number of rotatable bonds is 6. The molecule has 138 valence electrons. The van der Waals surface area contributed by atoms with Gasteiger partial charge in [-0.3, -0.25) is 0 Å². The van der Waals surface area contributed by atoms with Gasteiger partial charge in [0.25, 0.3) is 0 Å². The molecule has 2 aromatic rings. The molecular weight excluding hydrogens is 354 g/mol. The van der Waals surface area contributed by atoms with Crippen LogP contribution in [0.4, 0.5) is 5.69 Å². The second kappa shape index (κ2) is 7.29. The molecule has 0 atom stereocenters. The maximum atomic E-state index is 12.8. The van der Waals surface area contributed by atoms with E-state index >= 15 is 0 Å². The molecule has 1 heterocycles. The second-order valence-corrected chi connectivity index (χ2v) is 7.59. The van der Waals surface area contributed by atoms with Gasteiger partial charge in [-0.05, 0) is 29.7 Å². The minimum absolute atomic E-state index is 0.0777. The summed E-state index contributed by atoms with van der Waals surface area (Å²) in [6.45, 7) is 0.861. The lowest BCUT2D eigenvalue weighted by atomic mass is 10.1. The van der Waals surface area contributed by atoms with Gasteiger partial charge < -0.3 is 19.5 Å². The van der Waals surface area contributed by atoms with Crippen LogP contribution >= 0.6 is 0 Å². The van der Waals surface area contributed by atoms with Gasteiger partial charge in [-0.1, -0.05) is 12.1 Å². The molecule has 0 aromatic heterocycles. The Balaban J connectivity index is 2.00. The van der Waals surface area contributed by atoms with E-state index in [1.165, 1.54) is 38.9 Å². The lowest BCUT2D eigenvalue weighted by Crippen LogP contribution is -2.01. The first kappa shape index (κ1) is 18.1. The van der Waals surface area contributed by atoms with E-state index in [4.69, 9.17) is 14.2 Å². The van der Waals surface area contributed by atoms with Crippen molar-refractivity contribution in [2.45, 2.75) is 11.3 Å². The van der Waals surface area contributed by atoms with E-state index in [9.17, 15) is 8.42 Å². The fourth-order valence-corrected chi connectivity index (χ4v) is 4.02. The Morgan fingerprint density at radius 2 is 1.73 bits per heavy atom. The largest absolute Gasteiger partial charge is 0.493 e. The molecule has 1 N–H and O–H groups in total. The summed E-state index contributed by atoms with van der Waals surface area (Å²) in [6.07, 6.45) is 2.50. The lowest BCUT2D eigenvalue weighted by molar-refractivity contribution is 0.323. The molecule has 0 fully saturated rings.